The molecule has 0 amide bonds. The monoisotopic (exact) mass is 312 g/mol. The molecule has 0 saturated heterocycles. The Kier molecular flexibility index (Phi) is 5.37. The lowest BCUT2D eigenvalue weighted by atomic mass is 10.1. The highest BCUT2D eigenvalue weighted by molar-refractivity contribution is 7.89. The number of benzene rings is 1. The van der Waals surface area contributed by atoms with Crippen LogP contribution >= 0.6 is 0 Å². The molecule has 1 aromatic carbocycles. The number of hydrogen-bond acceptors (Lipinski definition) is 4. The first-order valence-corrected chi connectivity index (χ1v) is 8.85. The van der Waals surface area contributed by atoms with Crippen molar-refractivity contribution in [1.29, 1.82) is 0 Å². The summed E-state index contributed by atoms with van der Waals surface area (Å²) in [5.74, 6) is 0. The molecule has 1 aliphatic rings. The molecule has 118 valence electrons. The van der Waals surface area contributed by atoms with E-state index in [1.54, 1.807) is 19.2 Å². The highest BCUT2D eigenvalue weighted by Crippen LogP contribution is 2.24. The summed E-state index contributed by atoms with van der Waals surface area (Å²) in [6, 6.07) is 5.14. The number of nitrogens with two attached hydrogens (primary N) is 1. The molecule has 0 aliphatic heterocycles. The second kappa shape index (κ2) is 6.87. The number of rotatable bonds is 6. The molecule has 1 fully saturated rings. The molecular formula is C15H24N2O3S. The van der Waals surface area contributed by atoms with Crippen LogP contribution in [0.2, 0.25) is 0 Å². The standard InChI is InChI=1S/C15H24N2O3S/c1-3-11-4-7-15(8-12(11)10-16)21(18,19)17-13-5-6-14(9-13)20-2/h4,7-8,13-14,17H,3,5-6,9-10,16H2,1-2H3. The molecule has 0 spiro atoms. The van der Waals surface area contributed by atoms with Crippen LogP contribution in [0.15, 0.2) is 23.1 Å². The van der Waals surface area contributed by atoms with Gasteiger partial charge in [-0.3, -0.25) is 0 Å². The SMILES string of the molecule is CCc1ccc(S(=O)(=O)NC2CCC(OC)C2)cc1CN. The highest BCUT2D eigenvalue weighted by Gasteiger charge is 2.28. The van der Waals surface area contributed by atoms with Gasteiger partial charge in [-0.1, -0.05) is 13.0 Å². The molecule has 0 heterocycles. The molecule has 5 nitrogen and oxygen atoms in total. The molecule has 2 unspecified atom stereocenters. The second-order valence-electron chi connectivity index (χ2n) is 5.48. The minimum absolute atomic E-state index is 0.0490. The average molecular weight is 312 g/mol. The fourth-order valence-electron chi connectivity index (χ4n) is 2.85. The molecule has 21 heavy (non-hydrogen) atoms. The van der Waals surface area contributed by atoms with Gasteiger partial charge >= 0.3 is 0 Å². The van der Waals surface area contributed by atoms with Gasteiger partial charge in [0.15, 0.2) is 0 Å². The summed E-state index contributed by atoms with van der Waals surface area (Å²) < 4.78 is 33.0. The van der Waals surface area contributed by atoms with Gasteiger partial charge in [0.1, 0.15) is 0 Å². The van der Waals surface area contributed by atoms with Crippen LogP contribution in [0, 0.1) is 0 Å². The van der Waals surface area contributed by atoms with Crippen molar-refractivity contribution in [2.45, 2.75) is 56.2 Å². The van der Waals surface area contributed by atoms with Crippen LogP contribution in [0.1, 0.15) is 37.3 Å². The number of nitrogens with one attached hydrogen (secondary N) is 1. The maximum Gasteiger partial charge on any atom is 0.240 e. The van der Waals surface area contributed by atoms with E-state index < -0.39 is 10.0 Å². The zero-order valence-electron chi connectivity index (χ0n) is 12.6. The van der Waals surface area contributed by atoms with Crippen molar-refractivity contribution in [3.8, 4) is 0 Å². The Hall–Kier alpha value is -0.950. The van der Waals surface area contributed by atoms with E-state index in [2.05, 4.69) is 4.72 Å². The molecule has 2 atom stereocenters. The van der Waals surface area contributed by atoms with Crippen LogP contribution in [0.25, 0.3) is 0 Å². The summed E-state index contributed by atoms with van der Waals surface area (Å²) >= 11 is 0. The van der Waals surface area contributed by atoms with E-state index in [0.717, 1.165) is 36.8 Å². The van der Waals surface area contributed by atoms with Crippen molar-refractivity contribution in [2.24, 2.45) is 5.73 Å². The summed E-state index contributed by atoms with van der Waals surface area (Å²) in [6.45, 7) is 2.38. The van der Waals surface area contributed by atoms with Crippen LogP contribution < -0.4 is 10.5 Å². The van der Waals surface area contributed by atoms with E-state index in [1.807, 2.05) is 13.0 Å². The smallest absolute Gasteiger partial charge is 0.240 e. The van der Waals surface area contributed by atoms with Crippen molar-refractivity contribution in [2.75, 3.05) is 7.11 Å². The van der Waals surface area contributed by atoms with Gasteiger partial charge in [-0.2, -0.15) is 0 Å². The first kappa shape index (κ1) is 16.4. The van der Waals surface area contributed by atoms with Gasteiger partial charge < -0.3 is 10.5 Å². The summed E-state index contributed by atoms with van der Waals surface area (Å²) in [4.78, 5) is 0.293. The van der Waals surface area contributed by atoms with Crippen LogP contribution in [0.4, 0.5) is 0 Å². The van der Waals surface area contributed by atoms with Crippen molar-refractivity contribution in [3.63, 3.8) is 0 Å². The molecule has 3 N–H and O–H groups in total. The molecule has 0 radical (unpaired) electrons. The molecule has 1 aromatic rings. The summed E-state index contributed by atoms with van der Waals surface area (Å²) in [6.07, 6.45) is 3.44. The molecule has 6 heteroatoms. The van der Waals surface area contributed by atoms with Crippen LogP contribution in [0.5, 0.6) is 0 Å². The van der Waals surface area contributed by atoms with E-state index >= 15 is 0 Å². The van der Waals surface area contributed by atoms with Crippen molar-refractivity contribution < 1.29 is 13.2 Å². The lowest BCUT2D eigenvalue weighted by molar-refractivity contribution is 0.107. The normalized spacial score (nSPS) is 22.6. The number of sulfonamides is 1. The Morgan fingerprint density at radius 1 is 1.33 bits per heavy atom. The predicted molar refractivity (Wildman–Crippen MR) is 82.5 cm³/mol. The Balaban J connectivity index is 2.16. The minimum Gasteiger partial charge on any atom is -0.381 e. The van der Waals surface area contributed by atoms with E-state index in [9.17, 15) is 8.42 Å². The summed E-state index contributed by atoms with van der Waals surface area (Å²) in [7, 11) is -1.83. The first-order valence-electron chi connectivity index (χ1n) is 7.37. The van der Waals surface area contributed by atoms with Crippen LogP contribution in [-0.2, 0) is 27.7 Å². The van der Waals surface area contributed by atoms with Gasteiger partial charge in [-0.05, 0) is 48.9 Å². The second-order valence-corrected chi connectivity index (χ2v) is 7.19. The maximum absolute atomic E-state index is 12.5. The van der Waals surface area contributed by atoms with E-state index in [1.165, 1.54) is 0 Å². The van der Waals surface area contributed by atoms with E-state index in [-0.39, 0.29) is 12.1 Å². The van der Waals surface area contributed by atoms with Gasteiger partial charge in [0.2, 0.25) is 10.0 Å². The van der Waals surface area contributed by atoms with Gasteiger partial charge in [0.25, 0.3) is 0 Å². The first-order chi connectivity index (χ1) is 10.00. The van der Waals surface area contributed by atoms with Crippen molar-refractivity contribution >= 4 is 10.0 Å². The largest absolute Gasteiger partial charge is 0.381 e. The average Bonchev–Trinajstić information content (AvgIpc) is 2.93. The van der Waals surface area contributed by atoms with Crippen LogP contribution in [-0.4, -0.2) is 27.7 Å². The fourth-order valence-corrected chi connectivity index (χ4v) is 4.19. The zero-order valence-corrected chi connectivity index (χ0v) is 13.4. The zero-order chi connectivity index (χ0) is 15.5. The maximum atomic E-state index is 12.5. The van der Waals surface area contributed by atoms with Gasteiger partial charge in [0, 0.05) is 19.7 Å². The topological polar surface area (TPSA) is 81.4 Å². The van der Waals surface area contributed by atoms with Crippen molar-refractivity contribution in [1.82, 2.24) is 4.72 Å². The Labute approximate surface area is 126 Å². The Bertz CT molecular complexity index is 587. The lowest BCUT2D eigenvalue weighted by Gasteiger charge is -2.15. The summed E-state index contributed by atoms with van der Waals surface area (Å²) in [5, 5.41) is 0. The molecular weight excluding hydrogens is 288 g/mol. The molecule has 2 rings (SSSR count). The fraction of sp³-hybridized carbons (Fsp3) is 0.600. The number of aryl methyl sites for hydroxylation is 1. The number of methoxy groups -OCH3 is 1. The highest BCUT2D eigenvalue weighted by atomic mass is 32.2. The Morgan fingerprint density at radius 2 is 2.10 bits per heavy atom. The molecule has 0 bridgehead atoms. The minimum atomic E-state index is -3.49. The third-order valence-electron chi connectivity index (χ3n) is 4.13. The molecule has 1 aliphatic carbocycles. The van der Waals surface area contributed by atoms with Gasteiger partial charge in [-0.15, -0.1) is 0 Å². The number of ether oxygens (including phenoxy) is 1. The van der Waals surface area contributed by atoms with Crippen LogP contribution in [0.3, 0.4) is 0 Å². The van der Waals surface area contributed by atoms with E-state index in [0.29, 0.717) is 11.4 Å². The summed E-state index contributed by atoms with van der Waals surface area (Å²) in [5.41, 5.74) is 7.69. The van der Waals surface area contributed by atoms with Gasteiger partial charge in [0.05, 0.1) is 11.0 Å². The molecule has 0 aromatic heterocycles. The number of hydrogen-bond donors (Lipinski definition) is 2. The predicted octanol–water partition coefficient (Wildman–Crippen LogP) is 1.55. The lowest BCUT2D eigenvalue weighted by Crippen LogP contribution is -2.33. The third-order valence-corrected chi connectivity index (χ3v) is 5.65. The third kappa shape index (κ3) is 3.83. The van der Waals surface area contributed by atoms with Gasteiger partial charge in [-0.25, -0.2) is 13.1 Å². The molecule has 1 saturated carbocycles. The quantitative estimate of drug-likeness (QED) is 0.835. The Morgan fingerprint density at radius 3 is 2.67 bits per heavy atom. The van der Waals surface area contributed by atoms with Crippen molar-refractivity contribution in [3.05, 3.63) is 29.3 Å². The van der Waals surface area contributed by atoms with E-state index in [4.69, 9.17) is 10.5 Å².